The lowest BCUT2D eigenvalue weighted by atomic mass is 10.1. The van der Waals surface area contributed by atoms with Gasteiger partial charge in [-0.05, 0) is 42.3 Å². The molecule has 2 nitrogen and oxygen atoms in total. The van der Waals surface area contributed by atoms with Gasteiger partial charge in [0.05, 0.1) is 0 Å². The van der Waals surface area contributed by atoms with Crippen LogP contribution in [0.5, 0.6) is 0 Å². The maximum atomic E-state index is 12.9. The third-order valence-electron chi connectivity index (χ3n) is 2.57. The lowest BCUT2D eigenvalue weighted by Gasteiger charge is -2.04. The molecule has 0 saturated carbocycles. The van der Waals surface area contributed by atoms with E-state index in [1.807, 2.05) is 13.0 Å². The van der Waals surface area contributed by atoms with Crippen LogP contribution in [0.1, 0.15) is 21.6 Å². The second kappa shape index (κ2) is 5.27. The van der Waals surface area contributed by atoms with Crippen LogP contribution in [0, 0.1) is 12.7 Å². The van der Waals surface area contributed by atoms with Crippen molar-refractivity contribution in [3.8, 4) is 0 Å². The highest BCUT2D eigenvalue weighted by atomic mass is 35.5. The third-order valence-corrected chi connectivity index (χ3v) is 2.92. The molecule has 92 valence electrons. The maximum absolute atomic E-state index is 12.9. The van der Waals surface area contributed by atoms with Gasteiger partial charge in [0, 0.05) is 17.6 Å². The fourth-order valence-corrected chi connectivity index (χ4v) is 1.85. The monoisotopic (exact) mass is 263 g/mol. The largest absolute Gasteiger partial charge is 0.292 e. The minimum Gasteiger partial charge on any atom is -0.292 e. The van der Waals surface area contributed by atoms with Gasteiger partial charge in [0.15, 0.2) is 5.78 Å². The second-order valence-corrected chi connectivity index (χ2v) is 4.46. The number of benzene rings is 1. The SMILES string of the molecule is Cc1ccnc(C(=O)Cc2ccc(F)cc2Cl)c1. The maximum Gasteiger partial charge on any atom is 0.185 e. The van der Waals surface area contributed by atoms with Gasteiger partial charge < -0.3 is 0 Å². The first-order valence-corrected chi connectivity index (χ1v) is 5.84. The molecule has 0 aliphatic rings. The Balaban J connectivity index is 2.21. The summed E-state index contributed by atoms with van der Waals surface area (Å²) in [6.45, 7) is 1.89. The molecule has 0 unspecified atom stereocenters. The number of pyridine rings is 1. The Morgan fingerprint density at radius 2 is 2.11 bits per heavy atom. The van der Waals surface area contributed by atoms with Crippen LogP contribution >= 0.6 is 11.6 Å². The Morgan fingerprint density at radius 3 is 2.78 bits per heavy atom. The molecular formula is C14H11ClFNO. The van der Waals surface area contributed by atoms with Crippen molar-refractivity contribution in [3.05, 3.63) is 64.2 Å². The van der Waals surface area contributed by atoms with Crippen LogP contribution in [0.3, 0.4) is 0 Å². The topological polar surface area (TPSA) is 30.0 Å². The normalized spacial score (nSPS) is 10.4. The van der Waals surface area contributed by atoms with E-state index in [0.29, 0.717) is 11.3 Å². The number of Topliss-reactive ketones (excluding diaryl/α,β-unsaturated/α-hetero) is 1. The molecule has 0 aliphatic heterocycles. The first kappa shape index (κ1) is 12.7. The van der Waals surface area contributed by atoms with E-state index in [0.717, 1.165) is 5.56 Å². The van der Waals surface area contributed by atoms with E-state index in [2.05, 4.69) is 4.98 Å². The first-order chi connectivity index (χ1) is 8.56. The predicted molar refractivity (Wildman–Crippen MR) is 68.4 cm³/mol. The summed E-state index contributed by atoms with van der Waals surface area (Å²) in [5, 5.41) is 0.260. The Hall–Kier alpha value is -1.74. The van der Waals surface area contributed by atoms with Crippen molar-refractivity contribution >= 4 is 17.4 Å². The highest BCUT2D eigenvalue weighted by molar-refractivity contribution is 6.31. The summed E-state index contributed by atoms with van der Waals surface area (Å²) < 4.78 is 12.9. The summed E-state index contributed by atoms with van der Waals surface area (Å²) in [6.07, 6.45) is 1.71. The van der Waals surface area contributed by atoms with Crippen LogP contribution in [-0.2, 0) is 6.42 Å². The van der Waals surface area contributed by atoms with Crippen LogP contribution in [0.4, 0.5) is 4.39 Å². The summed E-state index contributed by atoms with van der Waals surface area (Å²) in [4.78, 5) is 16.0. The van der Waals surface area contributed by atoms with Gasteiger partial charge >= 0.3 is 0 Å². The molecule has 0 saturated heterocycles. The van der Waals surface area contributed by atoms with E-state index in [4.69, 9.17) is 11.6 Å². The molecule has 1 aromatic carbocycles. The van der Waals surface area contributed by atoms with Gasteiger partial charge in [0.25, 0.3) is 0 Å². The van der Waals surface area contributed by atoms with E-state index in [9.17, 15) is 9.18 Å². The first-order valence-electron chi connectivity index (χ1n) is 5.46. The van der Waals surface area contributed by atoms with E-state index in [1.165, 1.54) is 18.2 Å². The highest BCUT2D eigenvalue weighted by Crippen LogP contribution is 2.19. The van der Waals surface area contributed by atoms with Crippen LogP contribution < -0.4 is 0 Å². The quantitative estimate of drug-likeness (QED) is 0.792. The summed E-state index contributed by atoms with van der Waals surface area (Å²) in [5.41, 5.74) is 1.97. The number of aryl methyl sites for hydroxylation is 1. The van der Waals surface area contributed by atoms with Gasteiger partial charge in [0.2, 0.25) is 0 Å². The molecule has 1 aromatic heterocycles. The van der Waals surface area contributed by atoms with E-state index >= 15 is 0 Å². The lowest BCUT2D eigenvalue weighted by molar-refractivity contribution is 0.0988. The number of carbonyl (C=O) groups is 1. The smallest absolute Gasteiger partial charge is 0.185 e. The molecule has 0 aliphatic carbocycles. The molecule has 0 bridgehead atoms. The molecule has 18 heavy (non-hydrogen) atoms. The van der Waals surface area contributed by atoms with Crippen molar-refractivity contribution in [2.75, 3.05) is 0 Å². The molecule has 0 fully saturated rings. The van der Waals surface area contributed by atoms with E-state index < -0.39 is 5.82 Å². The number of hydrogen-bond acceptors (Lipinski definition) is 2. The van der Waals surface area contributed by atoms with Gasteiger partial charge in [0.1, 0.15) is 11.5 Å². The molecule has 0 atom stereocenters. The lowest BCUT2D eigenvalue weighted by Crippen LogP contribution is -2.06. The Morgan fingerprint density at radius 1 is 1.33 bits per heavy atom. The zero-order valence-corrected chi connectivity index (χ0v) is 10.5. The minimum absolute atomic E-state index is 0.121. The van der Waals surface area contributed by atoms with E-state index in [1.54, 1.807) is 12.3 Å². The number of carbonyl (C=O) groups excluding carboxylic acids is 1. The summed E-state index contributed by atoms with van der Waals surface area (Å²) in [6, 6.07) is 7.55. The number of aromatic nitrogens is 1. The second-order valence-electron chi connectivity index (χ2n) is 4.05. The molecule has 4 heteroatoms. The molecule has 2 aromatic rings. The number of halogens is 2. The predicted octanol–water partition coefficient (Wildman–Crippen LogP) is 3.61. The van der Waals surface area contributed by atoms with Crippen molar-refractivity contribution in [3.63, 3.8) is 0 Å². The van der Waals surface area contributed by atoms with Crippen molar-refractivity contribution < 1.29 is 9.18 Å². The molecule has 0 radical (unpaired) electrons. The number of ketones is 1. The zero-order valence-electron chi connectivity index (χ0n) is 9.78. The molecule has 0 N–H and O–H groups in total. The van der Waals surface area contributed by atoms with Crippen molar-refractivity contribution in [2.45, 2.75) is 13.3 Å². The molecule has 1 heterocycles. The summed E-state index contributed by atoms with van der Waals surface area (Å²) in [7, 11) is 0. The Kier molecular flexibility index (Phi) is 3.72. The molecule has 0 spiro atoms. The van der Waals surface area contributed by atoms with Gasteiger partial charge in [-0.2, -0.15) is 0 Å². The van der Waals surface area contributed by atoms with Gasteiger partial charge in [-0.25, -0.2) is 4.39 Å². The van der Waals surface area contributed by atoms with Crippen molar-refractivity contribution in [2.24, 2.45) is 0 Å². The Bertz CT molecular complexity index is 598. The number of hydrogen-bond donors (Lipinski definition) is 0. The third kappa shape index (κ3) is 2.93. The number of nitrogens with zero attached hydrogens (tertiary/aromatic N) is 1. The molecule has 0 amide bonds. The van der Waals surface area contributed by atoms with E-state index in [-0.39, 0.29) is 17.2 Å². The number of rotatable bonds is 3. The fourth-order valence-electron chi connectivity index (χ4n) is 1.62. The molecule has 2 rings (SSSR count). The van der Waals surface area contributed by atoms with Crippen LogP contribution in [0.2, 0.25) is 5.02 Å². The fraction of sp³-hybridized carbons (Fsp3) is 0.143. The Labute approximate surface area is 109 Å². The van der Waals surface area contributed by atoms with Gasteiger partial charge in [-0.1, -0.05) is 17.7 Å². The zero-order chi connectivity index (χ0) is 13.1. The van der Waals surface area contributed by atoms with Gasteiger partial charge in [-0.3, -0.25) is 9.78 Å². The summed E-state index contributed by atoms with van der Waals surface area (Å²) >= 11 is 5.88. The average molecular weight is 264 g/mol. The minimum atomic E-state index is -0.412. The van der Waals surface area contributed by atoms with Crippen LogP contribution in [-0.4, -0.2) is 10.8 Å². The average Bonchev–Trinajstić information content (AvgIpc) is 2.32. The van der Waals surface area contributed by atoms with Gasteiger partial charge in [-0.15, -0.1) is 0 Å². The summed E-state index contributed by atoms with van der Waals surface area (Å²) in [5.74, 6) is -0.544. The standard InChI is InChI=1S/C14H11ClFNO/c1-9-4-5-17-13(6-9)14(18)7-10-2-3-11(16)8-12(10)15/h2-6,8H,7H2,1H3. The van der Waals surface area contributed by atoms with Crippen LogP contribution in [0.25, 0.3) is 0 Å². The van der Waals surface area contributed by atoms with Crippen LogP contribution in [0.15, 0.2) is 36.5 Å². The van der Waals surface area contributed by atoms with Crippen molar-refractivity contribution in [1.82, 2.24) is 4.98 Å². The molecular weight excluding hydrogens is 253 g/mol. The van der Waals surface area contributed by atoms with Crippen molar-refractivity contribution in [1.29, 1.82) is 0 Å². The highest BCUT2D eigenvalue weighted by Gasteiger charge is 2.11.